The van der Waals surface area contributed by atoms with Crippen LogP contribution < -0.4 is 5.32 Å². The van der Waals surface area contributed by atoms with Crippen LogP contribution in [0.25, 0.3) is 0 Å². The van der Waals surface area contributed by atoms with Gasteiger partial charge in [0, 0.05) is 29.3 Å². The molecule has 0 aromatic heterocycles. The third-order valence-electron chi connectivity index (χ3n) is 5.35. The summed E-state index contributed by atoms with van der Waals surface area (Å²) in [6.45, 7) is 6.15. The fraction of sp³-hybridized carbons (Fsp3) is 0.310. The van der Waals surface area contributed by atoms with Crippen LogP contribution in [-0.4, -0.2) is 34.0 Å². The van der Waals surface area contributed by atoms with E-state index in [1.807, 2.05) is 87.5 Å². The van der Waals surface area contributed by atoms with Crippen molar-refractivity contribution in [1.29, 1.82) is 0 Å². The molecule has 2 amide bonds. The zero-order chi connectivity index (χ0) is 25.3. The maximum absolute atomic E-state index is 13.6. The minimum absolute atomic E-state index is 0.0732. The zero-order valence-electron chi connectivity index (χ0n) is 20.5. The summed E-state index contributed by atoms with van der Waals surface area (Å²) >= 11 is 7.79. The highest BCUT2D eigenvalue weighted by molar-refractivity contribution is 7.99. The summed E-state index contributed by atoms with van der Waals surface area (Å²) in [5.41, 5.74) is 2.64. The molecule has 0 spiro atoms. The van der Waals surface area contributed by atoms with Gasteiger partial charge >= 0.3 is 0 Å². The molecule has 0 unspecified atom stereocenters. The van der Waals surface area contributed by atoms with Crippen LogP contribution in [0.2, 0.25) is 5.02 Å². The normalized spacial score (nSPS) is 12.1. The van der Waals surface area contributed by atoms with Crippen molar-refractivity contribution in [2.24, 2.45) is 0 Å². The molecular formula is C29H33ClN2O2S. The molecule has 1 N–H and O–H groups in total. The molecule has 0 saturated carbocycles. The van der Waals surface area contributed by atoms with E-state index in [-0.39, 0.29) is 17.6 Å². The number of nitrogens with one attached hydrogen (secondary N) is 1. The van der Waals surface area contributed by atoms with Crippen LogP contribution in [0.15, 0.2) is 84.9 Å². The van der Waals surface area contributed by atoms with E-state index < -0.39 is 11.6 Å². The lowest BCUT2D eigenvalue weighted by atomic mass is 10.0. The van der Waals surface area contributed by atoms with E-state index in [9.17, 15) is 9.59 Å². The van der Waals surface area contributed by atoms with Crippen molar-refractivity contribution < 1.29 is 9.59 Å². The first-order valence-electron chi connectivity index (χ1n) is 11.7. The second-order valence-electron chi connectivity index (χ2n) is 9.57. The van der Waals surface area contributed by atoms with E-state index in [0.29, 0.717) is 18.0 Å². The van der Waals surface area contributed by atoms with Crippen molar-refractivity contribution in [3.63, 3.8) is 0 Å². The number of halogens is 1. The van der Waals surface area contributed by atoms with Crippen molar-refractivity contribution in [1.82, 2.24) is 10.2 Å². The number of carbonyl (C=O) groups is 2. The number of hydrogen-bond donors (Lipinski definition) is 1. The lowest BCUT2D eigenvalue weighted by molar-refractivity contribution is -0.140. The molecule has 1 atom stereocenters. The van der Waals surface area contributed by atoms with Crippen LogP contribution >= 0.6 is 23.4 Å². The Kier molecular flexibility index (Phi) is 9.82. The lowest BCUT2D eigenvalue weighted by Gasteiger charge is -2.34. The highest BCUT2D eigenvalue weighted by Crippen LogP contribution is 2.20. The Balaban J connectivity index is 1.87. The van der Waals surface area contributed by atoms with Crippen LogP contribution in [0.4, 0.5) is 0 Å². The Bertz CT molecular complexity index is 1100. The largest absolute Gasteiger partial charge is 0.350 e. The summed E-state index contributed by atoms with van der Waals surface area (Å²) in [4.78, 5) is 28.8. The van der Waals surface area contributed by atoms with Crippen molar-refractivity contribution in [2.45, 2.75) is 51.1 Å². The van der Waals surface area contributed by atoms with Gasteiger partial charge in [-0.05, 0) is 49.6 Å². The molecule has 3 aromatic rings. The molecule has 0 aliphatic heterocycles. The Labute approximate surface area is 218 Å². The number of benzene rings is 3. The minimum Gasteiger partial charge on any atom is -0.350 e. The quantitative estimate of drug-likeness (QED) is 0.358. The molecule has 4 nitrogen and oxygen atoms in total. The van der Waals surface area contributed by atoms with Crippen LogP contribution in [0, 0.1) is 0 Å². The number of rotatable bonds is 10. The molecule has 0 heterocycles. The standard InChI is InChI=1S/C29H33ClN2O2S/c1-29(2,3)31-28(34)26(18-22-11-6-4-7-12-22)32(19-24-15-10-16-25(30)17-24)27(33)21-35-20-23-13-8-5-9-14-23/h4-17,26H,18-21H2,1-3H3,(H,31,34)/t26-/m0/s1. The van der Waals surface area contributed by atoms with Gasteiger partial charge in [0.1, 0.15) is 6.04 Å². The van der Waals surface area contributed by atoms with Crippen molar-refractivity contribution >= 4 is 35.2 Å². The predicted molar refractivity (Wildman–Crippen MR) is 146 cm³/mol. The van der Waals surface area contributed by atoms with E-state index in [1.54, 1.807) is 22.7 Å². The van der Waals surface area contributed by atoms with Gasteiger partial charge < -0.3 is 10.2 Å². The van der Waals surface area contributed by atoms with Gasteiger partial charge in [-0.15, -0.1) is 11.8 Å². The first-order valence-corrected chi connectivity index (χ1v) is 13.3. The summed E-state index contributed by atoms with van der Waals surface area (Å²) in [5.74, 6) is 0.777. The third-order valence-corrected chi connectivity index (χ3v) is 6.57. The SMILES string of the molecule is CC(C)(C)NC(=O)[C@H](Cc1ccccc1)N(Cc1cccc(Cl)c1)C(=O)CSCc1ccccc1. The topological polar surface area (TPSA) is 49.4 Å². The summed E-state index contributed by atoms with van der Waals surface area (Å²) in [5, 5.41) is 3.69. The highest BCUT2D eigenvalue weighted by atomic mass is 35.5. The number of amides is 2. The predicted octanol–water partition coefficient (Wildman–Crippen LogP) is 6.13. The van der Waals surface area contributed by atoms with E-state index in [0.717, 1.165) is 22.4 Å². The third kappa shape index (κ3) is 9.08. The summed E-state index contributed by atoms with van der Waals surface area (Å²) in [6.07, 6.45) is 0.429. The lowest BCUT2D eigenvalue weighted by Crippen LogP contribution is -2.54. The molecule has 0 radical (unpaired) electrons. The van der Waals surface area contributed by atoms with Gasteiger partial charge in [0.15, 0.2) is 0 Å². The fourth-order valence-electron chi connectivity index (χ4n) is 3.75. The molecule has 6 heteroatoms. The van der Waals surface area contributed by atoms with E-state index in [1.165, 1.54) is 0 Å². The first kappa shape index (κ1) is 26.8. The maximum Gasteiger partial charge on any atom is 0.243 e. The van der Waals surface area contributed by atoms with Crippen LogP contribution in [0.3, 0.4) is 0 Å². The summed E-state index contributed by atoms with van der Waals surface area (Å²) in [6, 6.07) is 26.7. The second-order valence-corrected chi connectivity index (χ2v) is 11.0. The van der Waals surface area contributed by atoms with Gasteiger partial charge in [0.2, 0.25) is 11.8 Å². The summed E-state index contributed by atoms with van der Waals surface area (Å²) in [7, 11) is 0. The summed E-state index contributed by atoms with van der Waals surface area (Å²) < 4.78 is 0. The number of nitrogens with zero attached hydrogens (tertiary/aromatic N) is 1. The highest BCUT2D eigenvalue weighted by Gasteiger charge is 2.32. The molecule has 0 aliphatic rings. The smallest absolute Gasteiger partial charge is 0.243 e. The van der Waals surface area contributed by atoms with E-state index in [2.05, 4.69) is 17.4 Å². The Morgan fingerprint density at radius 1 is 0.886 bits per heavy atom. The maximum atomic E-state index is 13.6. The van der Waals surface area contributed by atoms with Gasteiger partial charge in [0.25, 0.3) is 0 Å². The Hall–Kier alpha value is -2.76. The molecule has 184 valence electrons. The van der Waals surface area contributed by atoms with Crippen LogP contribution in [0.1, 0.15) is 37.5 Å². The minimum atomic E-state index is -0.652. The molecule has 0 bridgehead atoms. The number of carbonyl (C=O) groups excluding carboxylic acids is 2. The van der Waals surface area contributed by atoms with Gasteiger partial charge in [-0.3, -0.25) is 9.59 Å². The van der Waals surface area contributed by atoms with Crippen molar-refractivity contribution in [3.8, 4) is 0 Å². The number of thioether (sulfide) groups is 1. The van der Waals surface area contributed by atoms with Gasteiger partial charge in [-0.25, -0.2) is 0 Å². The van der Waals surface area contributed by atoms with E-state index >= 15 is 0 Å². The molecule has 3 rings (SSSR count). The molecule has 35 heavy (non-hydrogen) atoms. The Morgan fingerprint density at radius 3 is 2.09 bits per heavy atom. The molecular weight excluding hydrogens is 476 g/mol. The second kappa shape index (κ2) is 12.8. The van der Waals surface area contributed by atoms with Crippen molar-refractivity contribution in [3.05, 3.63) is 107 Å². The molecule has 3 aromatic carbocycles. The van der Waals surface area contributed by atoms with Gasteiger partial charge in [0.05, 0.1) is 5.75 Å². The average molecular weight is 509 g/mol. The first-order chi connectivity index (χ1) is 16.7. The fourth-order valence-corrected chi connectivity index (χ4v) is 4.84. The van der Waals surface area contributed by atoms with Gasteiger partial charge in [-0.1, -0.05) is 84.4 Å². The van der Waals surface area contributed by atoms with Crippen LogP contribution in [-0.2, 0) is 28.3 Å². The van der Waals surface area contributed by atoms with Crippen molar-refractivity contribution in [2.75, 3.05) is 5.75 Å². The van der Waals surface area contributed by atoms with E-state index in [4.69, 9.17) is 11.6 Å². The van der Waals surface area contributed by atoms with Gasteiger partial charge in [-0.2, -0.15) is 0 Å². The molecule has 0 saturated heterocycles. The number of hydrogen-bond acceptors (Lipinski definition) is 3. The Morgan fingerprint density at radius 2 is 1.49 bits per heavy atom. The monoisotopic (exact) mass is 508 g/mol. The van der Waals surface area contributed by atoms with Crippen LogP contribution in [0.5, 0.6) is 0 Å². The zero-order valence-corrected chi connectivity index (χ0v) is 22.1. The molecule has 0 aliphatic carbocycles. The average Bonchev–Trinajstić information content (AvgIpc) is 2.81. The molecule has 0 fully saturated rings.